The summed E-state index contributed by atoms with van der Waals surface area (Å²) in [6.07, 6.45) is 6.23. The van der Waals surface area contributed by atoms with Crippen molar-refractivity contribution in [2.75, 3.05) is 0 Å². The Labute approximate surface area is 144 Å². The Morgan fingerprint density at radius 2 is 1.61 bits per heavy atom. The number of unbranched alkanes of at least 4 members (excludes halogenated alkanes) is 3. The van der Waals surface area contributed by atoms with E-state index in [0.717, 1.165) is 12.1 Å². The minimum Gasteiger partial charge on any atom is -0.410 e. The molecule has 0 fully saturated rings. The number of aromatic amines is 1. The molecule has 0 bridgehead atoms. The largest absolute Gasteiger partial charge is 0.410 e. The van der Waals surface area contributed by atoms with Crippen molar-refractivity contribution in [3.63, 3.8) is 0 Å². The highest BCUT2D eigenvalue weighted by molar-refractivity contribution is 6.77. The number of aromatic nitrogens is 2. The van der Waals surface area contributed by atoms with E-state index in [-0.39, 0.29) is 0 Å². The third-order valence-corrected chi connectivity index (χ3v) is 11.2. The minimum absolute atomic E-state index is 0.624. The van der Waals surface area contributed by atoms with Gasteiger partial charge in [-0.1, -0.05) is 67.7 Å². The van der Waals surface area contributed by atoms with E-state index in [1.54, 1.807) is 0 Å². The van der Waals surface area contributed by atoms with Gasteiger partial charge >= 0.3 is 0 Å². The van der Waals surface area contributed by atoms with Crippen LogP contribution in [0.25, 0.3) is 0 Å². The van der Waals surface area contributed by atoms with Crippen LogP contribution in [0.4, 0.5) is 0 Å². The molecular formula is C19H38N2OSi. The van der Waals surface area contributed by atoms with E-state index in [4.69, 9.17) is 4.43 Å². The van der Waals surface area contributed by atoms with E-state index in [2.05, 4.69) is 64.7 Å². The third kappa shape index (κ3) is 5.46. The fourth-order valence-corrected chi connectivity index (χ4v) is 9.45. The van der Waals surface area contributed by atoms with Gasteiger partial charge < -0.3 is 4.43 Å². The molecule has 0 aliphatic heterocycles. The van der Waals surface area contributed by atoms with Gasteiger partial charge in [0, 0.05) is 0 Å². The molecule has 0 amide bonds. The number of H-pyrrole nitrogens is 1. The summed E-state index contributed by atoms with van der Waals surface area (Å²) < 4.78 is 6.62. The third-order valence-electron chi connectivity index (χ3n) is 5.16. The predicted octanol–water partition coefficient (Wildman–Crippen LogP) is 6.22. The lowest BCUT2D eigenvalue weighted by Gasteiger charge is -2.42. The molecule has 0 saturated carbocycles. The smallest absolute Gasteiger partial charge is 0.200 e. The highest BCUT2D eigenvalue weighted by atomic mass is 28.4. The molecule has 23 heavy (non-hydrogen) atoms. The van der Waals surface area contributed by atoms with Gasteiger partial charge in [0.05, 0.1) is 18.0 Å². The van der Waals surface area contributed by atoms with Crippen molar-refractivity contribution in [3.05, 3.63) is 17.5 Å². The maximum Gasteiger partial charge on any atom is 0.200 e. The van der Waals surface area contributed by atoms with E-state index in [9.17, 15) is 0 Å². The summed E-state index contributed by atoms with van der Waals surface area (Å²) in [4.78, 5) is 0. The molecule has 1 N–H and O–H groups in total. The van der Waals surface area contributed by atoms with Crippen LogP contribution in [0.5, 0.6) is 0 Å². The highest BCUT2D eigenvalue weighted by Crippen LogP contribution is 2.42. The van der Waals surface area contributed by atoms with Crippen LogP contribution >= 0.6 is 0 Å². The molecule has 134 valence electrons. The summed E-state index contributed by atoms with van der Waals surface area (Å²) >= 11 is 0. The van der Waals surface area contributed by atoms with Gasteiger partial charge in [0.2, 0.25) is 8.32 Å². The molecule has 1 heterocycles. The zero-order chi connectivity index (χ0) is 17.5. The number of nitrogens with one attached hydrogen (secondary N) is 1. The Morgan fingerprint density at radius 3 is 2.13 bits per heavy atom. The van der Waals surface area contributed by atoms with E-state index in [0.29, 0.717) is 23.2 Å². The van der Waals surface area contributed by atoms with Crippen molar-refractivity contribution in [1.82, 2.24) is 10.2 Å². The molecule has 3 nitrogen and oxygen atoms in total. The molecule has 1 aromatic rings. The summed E-state index contributed by atoms with van der Waals surface area (Å²) in [6, 6.07) is 2.20. The lowest BCUT2D eigenvalue weighted by Crippen LogP contribution is -2.47. The van der Waals surface area contributed by atoms with Gasteiger partial charge in [-0.15, -0.1) is 0 Å². The summed E-state index contributed by atoms with van der Waals surface area (Å²) in [6.45, 7) is 16.9. The van der Waals surface area contributed by atoms with Crippen molar-refractivity contribution >= 4 is 8.32 Å². The zero-order valence-corrected chi connectivity index (χ0v) is 17.4. The first kappa shape index (κ1) is 20.4. The second kappa shape index (κ2) is 9.63. The van der Waals surface area contributed by atoms with Crippen LogP contribution in [0.1, 0.15) is 85.5 Å². The van der Waals surface area contributed by atoms with Crippen LogP contribution < -0.4 is 0 Å². The van der Waals surface area contributed by atoms with E-state index in [1.807, 2.05) is 0 Å². The lowest BCUT2D eigenvalue weighted by atomic mass is 10.1. The van der Waals surface area contributed by atoms with Crippen LogP contribution in [0.3, 0.4) is 0 Å². The Bertz CT molecular complexity index is 419. The van der Waals surface area contributed by atoms with Gasteiger partial charge in [-0.05, 0) is 35.5 Å². The molecule has 0 aliphatic carbocycles. The zero-order valence-electron chi connectivity index (χ0n) is 16.4. The fourth-order valence-electron chi connectivity index (χ4n) is 4.05. The van der Waals surface area contributed by atoms with Crippen molar-refractivity contribution in [2.45, 2.75) is 104 Å². The van der Waals surface area contributed by atoms with Crippen LogP contribution in [0, 0.1) is 0 Å². The standard InChI is InChI=1S/C19H38N2OSi/c1-8-9-10-11-12-18-13-19(21-20-18)14-22-23(15(2)3,16(4)5)17(6)7/h13,15-17H,8-12,14H2,1-7H3,(H,20,21). The van der Waals surface area contributed by atoms with Gasteiger partial charge in [-0.3, -0.25) is 5.10 Å². The lowest BCUT2D eigenvalue weighted by molar-refractivity contribution is 0.261. The first-order valence-electron chi connectivity index (χ1n) is 9.51. The molecule has 4 heteroatoms. The number of nitrogens with zero attached hydrogens (tertiary/aromatic N) is 1. The quantitative estimate of drug-likeness (QED) is 0.384. The first-order chi connectivity index (χ1) is 10.8. The molecule has 0 radical (unpaired) electrons. The first-order valence-corrected chi connectivity index (χ1v) is 11.7. The maximum atomic E-state index is 6.62. The Kier molecular flexibility index (Phi) is 8.55. The molecule has 0 aliphatic rings. The Morgan fingerprint density at radius 1 is 1.00 bits per heavy atom. The second-order valence-electron chi connectivity index (χ2n) is 7.80. The topological polar surface area (TPSA) is 37.9 Å². The van der Waals surface area contributed by atoms with Crippen molar-refractivity contribution < 1.29 is 4.43 Å². The Balaban J connectivity index is 2.63. The summed E-state index contributed by atoms with van der Waals surface area (Å²) in [7, 11) is -1.78. The molecular weight excluding hydrogens is 300 g/mol. The average molecular weight is 339 g/mol. The molecule has 0 unspecified atom stereocenters. The van der Waals surface area contributed by atoms with Crippen molar-refractivity contribution in [2.24, 2.45) is 0 Å². The fraction of sp³-hybridized carbons (Fsp3) is 0.842. The molecule has 0 spiro atoms. The molecule has 0 atom stereocenters. The molecule has 0 aromatic carbocycles. The van der Waals surface area contributed by atoms with Crippen molar-refractivity contribution in [3.8, 4) is 0 Å². The van der Waals surface area contributed by atoms with Gasteiger partial charge in [0.15, 0.2) is 0 Å². The van der Waals surface area contributed by atoms with Gasteiger partial charge in [0.25, 0.3) is 0 Å². The van der Waals surface area contributed by atoms with Gasteiger partial charge in [-0.2, -0.15) is 5.10 Å². The van der Waals surface area contributed by atoms with E-state index >= 15 is 0 Å². The number of hydrogen-bond donors (Lipinski definition) is 1. The monoisotopic (exact) mass is 338 g/mol. The maximum absolute atomic E-state index is 6.62. The normalized spacial score (nSPS) is 12.8. The van der Waals surface area contributed by atoms with Crippen LogP contribution in [0.2, 0.25) is 16.6 Å². The molecule has 1 rings (SSSR count). The average Bonchev–Trinajstić information content (AvgIpc) is 2.91. The Hall–Kier alpha value is -0.613. The minimum atomic E-state index is -1.78. The molecule has 1 aromatic heterocycles. The van der Waals surface area contributed by atoms with Crippen molar-refractivity contribution in [1.29, 1.82) is 0 Å². The number of hydrogen-bond acceptors (Lipinski definition) is 2. The number of aryl methyl sites for hydroxylation is 1. The van der Waals surface area contributed by atoms with E-state index < -0.39 is 8.32 Å². The second-order valence-corrected chi connectivity index (χ2v) is 13.3. The summed E-state index contributed by atoms with van der Waals surface area (Å²) in [5.41, 5.74) is 4.19. The van der Waals surface area contributed by atoms with Crippen LogP contribution in [-0.4, -0.2) is 18.5 Å². The highest BCUT2D eigenvalue weighted by Gasteiger charge is 2.45. The van der Waals surface area contributed by atoms with Gasteiger partial charge in [0.1, 0.15) is 0 Å². The van der Waals surface area contributed by atoms with E-state index in [1.165, 1.54) is 31.4 Å². The molecule has 0 saturated heterocycles. The van der Waals surface area contributed by atoms with Crippen LogP contribution in [-0.2, 0) is 17.5 Å². The predicted molar refractivity (Wildman–Crippen MR) is 102 cm³/mol. The number of rotatable bonds is 11. The van der Waals surface area contributed by atoms with Gasteiger partial charge in [-0.25, -0.2) is 0 Å². The SMILES string of the molecule is CCCCCCc1cc(CO[Si](C(C)C)(C(C)C)C(C)C)[nH]n1. The summed E-state index contributed by atoms with van der Waals surface area (Å²) in [5, 5.41) is 7.64. The van der Waals surface area contributed by atoms with Crippen LogP contribution in [0.15, 0.2) is 6.07 Å². The summed E-state index contributed by atoms with van der Waals surface area (Å²) in [5.74, 6) is 0.